The van der Waals surface area contributed by atoms with Gasteiger partial charge in [0.15, 0.2) is 5.17 Å². The molecule has 0 fully saturated rings. The van der Waals surface area contributed by atoms with Crippen molar-refractivity contribution in [3.8, 4) is 0 Å². The molecule has 28 heavy (non-hydrogen) atoms. The number of hydrogen-bond donors (Lipinski definition) is 1. The Morgan fingerprint density at radius 3 is 2.68 bits per heavy atom. The Balaban J connectivity index is 1.57. The van der Waals surface area contributed by atoms with E-state index in [0.717, 1.165) is 11.3 Å². The number of para-hydroxylation sites is 1. The Morgan fingerprint density at radius 2 is 1.93 bits per heavy atom. The molecule has 2 atom stereocenters. The maximum atomic E-state index is 12.6. The summed E-state index contributed by atoms with van der Waals surface area (Å²) in [5.74, 6) is 0.268. The number of carbonyl (C=O) groups is 2. The van der Waals surface area contributed by atoms with Gasteiger partial charge >= 0.3 is 0 Å². The minimum absolute atomic E-state index is 0.138. The third kappa shape index (κ3) is 3.43. The van der Waals surface area contributed by atoms with Gasteiger partial charge in [0.2, 0.25) is 5.91 Å². The quantitative estimate of drug-likeness (QED) is 0.825. The van der Waals surface area contributed by atoms with Gasteiger partial charge in [0.05, 0.1) is 10.9 Å². The molecule has 2 aliphatic heterocycles. The van der Waals surface area contributed by atoms with Crippen molar-refractivity contribution in [2.45, 2.75) is 25.1 Å². The number of carbonyl (C=O) groups excluding carboxylic acids is 2. The van der Waals surface area contributed by atoms with E-state index in [4.69, 9.17) is 11.6 Å². The molecule has 0 unspecified atom stereocenters. The minimum Gasteiger partial charge on any atom is -0.325 e. The number of nitrogens with one attached hydrogen (secondary N) is 1. The Kier molecular flexibility index (Phi) is 4.95. The highest BCUT2D eigenvalue weighted by Gasteiger charge is 2.40. The lowest BCUT2D eigenvalue weighted by atomic mass is 10.1. The van der Waals surface area contributed by atoms with Crippen molar-refractivity contribution < 1.29 is 9.59 Å². The number of benzene rings is 2. The number of amidine groups is 2. The Labute approximate surface area is 171 Å². The van der Waals surface area contributed by atoms with Gasteiger partial charge in [-0.2, -0.15) is 0 Å². The highest BCUT2D eigenvalue weighted by Crippen LogP contribution is 2.34. The SMILES string of the molecule is C[C@H](SC1=Nc2ccccc2C2=N[C@H](C)C(=O)N12)C(=O)Nc1ccc(Cl)cc1. The molecule has 0 radical (unpaired) electrons. The molecule has 0 saturated heterocycles. The van der Waals surface area contributed by atoms with E-state index in [9.17, 15) is 9.59 Å². The van der Waals surface area contributed by atoms with Crippen LogP contribution in [0.15, 0.2) is 58.5 Å². The second kappa shape index (κ2) is 7.41. The first-order valence-electron chi connectivity index (χ1n) is 8.77. The summed E-state index contributed by atoms with van der Waals surface area (Å²) in [5.41, 5.74) is 2.22. The molecule has 4 rings (SSSR count). The first-order chi connectivity index (χ1) is 13.4. The van der Waals surface area contributed by atoms with Crippen molar-refractivity contribution in [2.75, 3.05) is 5.32 Å². The summed E-state index contributed by atoms with van der Waals surface area (Å²) in [6.45, 7) is 3.54. The second-order valence-electron chi connectivity index (χ2n) is 6.47. The highest BCUT2D eigenvalue weighted by atomic mass is 35.5. The van der Waals surface area contributed by atoms with Crippen molar-refractivity contribution in [3.63, 3.8) is 0 Å². The third-order valence-electron chi connectivity index (χ3n) is 4.42. The van der Waals surface area contributed by atoms with Crippen LogP contribution in [0.25, 0.3) is 0 Å². The summed E-state index contributed by atoms with van der Waals surface area (Å²) < 4.78 is 0. The van der Waals surface area contributed by atoms with E-state index in [1.54, 1.807) is 38.1 Å². The van der Waals surface area contributed by atoms with E-state index in [1.165, 1.54) is 16.7 Å². The molecule has 2 aromatic carbocycles. The van der Waals surface area contributed by atoms with Gasteiger partial charge in [-0.1, -0.05) is 35.5 Å². The van der Waals surface area contributed by atoms with Crippen molar-refractivity contribution in [1.29, 1.82) is 0 Å². The Morgan fingerprint density at radius 1 is 1.21 bits per heavy atom. The fraction of sp³-hybridized carbons (Fsp3) is 0.200. The molecular weight excluding hydrogens is 396 g/mol. The molecule has 0 saturated carbocycles. The molecule has 2 heterocycles. The number of halogens is 1. The molecule has 0 aliphatic carbocycles. The van der Waals surface area contributed by atoms with Crippen LogP contribution in [0, 0.1) is 0 Å². The van der Waals surface area contributed by atoms with E-state index >= 15 is 0 Å². The zero-order chi connectivity index (χ0) is 19.8. The fourth-order valence-electron chi connectivity index (χ4n) is 2.94. The molecule has 2 aromatic rings. The minimum atomic E-state index is -0.468. The number of nitrogens with zero attached hydrogens (tertiary/aromatic N) is 3. The molecule has 2 amide bonds. The van der Waals surface area contributed by atoms with E-state index in [2.05, 4.69) is 15.3 Å². The summed E-state index contributed by atoms with van der Waals surface area (Å²) in [4.78, 5) is 35.9. The molecule has 8 heteroatoms. The van der Waals surface area contributed by atoms with Crippen LogP contribution in [0.2, 0.25) is 5.02 Å². The second-order valence-corrected chi connectivity index (χ2v) is 8.21. The number of rotatable bonds is 3. The molecule has 0 aromatic heterocycles. The van der Waals surface area contributed by atoms with Gasteiger partial charge < -0.3 is 5.32 Å². The van der Waals surface area contributed by atoms with E-state index in [0.29, 0.717) is 21.7 Å². The van der Waals surface area contributed by atoms with Crippen LogP contribution in [0.1, 0.15) is 19.4 Å². The summed E-state index contributed by atoms with van der Waals surface area (Å²) in [5, 5.41) is 3.45. The van der Waals surface area contributed by atoms with E-state index < -0.39 is 11.3 Å². The van der Waals surface area contributed by atoms with E-state index in [-0.39, 0.29) is 11.8 Å². The molecular formula is C20H17ClN4O2S. The smallest absolute Gasteiger partial charge is 0.258 e. The van der Waals surface area contributed by atoms with Gasteiger partial charge in [0.1, 0.15) is 11.9 Å². The number of thioether (sulfide) groups is 1. The maximum Gasteiger partial charge on any atom is 0.258 e. The predicted molar refractivity (Wildman–Crippen MR) is 114 cm³/mol. The zero-order valence-electron chi connectivity index (χ0n) is 15.2. The van der Waals surface area contributed by atoms with Crippen molar-refractivity contribution in [1.82, 2.24) is 4.90 Å². The van der Waals surface area contributed by atoms with Crippen LogP contribution < -0.4 is 5.32 Å². The fourth-order valence-corrected chi connectivity index (χ4v) is 3.98. The van der Waals surface area contributed by atoms with Gasteiger partial charge in [-0.3, -0.25) is 14.6 Å². The normalized spacial score (nSPS) is 18.8. The topological polar surface area (TPSA) is 74.1 Å². The van der Waals surface area contributed by atoms with Gasteiger partial charge in [-0.05, 0) is 50.2 Å². The molecule has 2 aliphatic rings. The van der Waals surface area contributed by atoms with Crippen molar-refractivity contribution in [2.24, 2.45) is 9.98 Å². The lowest BCUT2D eigenvalue weighted by Gasteiger charge is -2.26. The van der Waals surface area contributed by atoms with Gasteiger partial charge in [0.25, 0.3) is 5.91 Å². The van der Waals surface area contributed by atoms with Crippen LogP contribution in [0.4, 0.5) is 11.4 Å². The average Bonchev–Trinajstić information content (AvgIpc) is 2.99. The molecule has 142 valence electrons. The number of fused-ring (bicyclic) bond motifs is 3. The lowest BCUT2D eigenvalue weighted by molar-refractivity contribution is -0.124. The molecule has 0 spiro atoms. The van der Waals surface area contributed by atoms with E-state index in [1.807, 2.05) is 24.3 Å². The summed E-state index contributed by atoms with van der Waals surface area (Å²) in [6, 6.07) is 14.0. The van der Waals surface area contributed by atoms with Crippen LogP contribution >= 0.6 is 23.4 Å². The maximum absolute atomic E-state index is 12.6. The first-order valence-corrected chi connectivity index (χ1v) is 10.0. The standard InChI is InChI=1S/C20H17ClN4O2S/c1-11-19(27)25-17(22-11)15-5-3-4-6-16(15)24-20(25)28-12(2)18(26)23-14-9-7-13(21)8-10-14/h3-12H,1-2H3,(H,23,26)/t11-,12+/m1/s1. The summed E-state index contributed by atoms with van der Waals surface area (Å²) in [7, 11) is 0. The van der Waals surface area contributed by atoms with Crippen LogP contribution in [-0.4, -0.2) is 39.0 Å². The highest BCUT2D eigenvalue weighted by molar-refractivity contribution is 8.15. The lowest BCUT2D eigenvalue weighted by Crippen LogP contribution is -2.41. The van der Waals surface area contributed by atoms with Crippen molar-refractivity contribution in [3.05, 3.63) is 59.1 Å². The van der Waals surface area contributed by atoms with Crippen molar-refractivity contribution >= 4 is 57.6 Å². The number of amides is 2. The van der Waals surface area contributed by atoms with Crippen LogP contribution in [0.5, 0.6) is 0 Å². The third-order valence-corrected chi connectivity index (χ3v) is 5.73. The number of anilines is 1. The largest absolute Gasteiger partial charge is 0.325 e. The Hall–Kier alpha value is -2.64. The summed E-state index contributed by atoms with van der Waals surface area (Å²) >= 11 is 7.11. The molecule has 0 bridgehead atoms. The first kappa shape index (κ1) is 18.7. The number of aliphatic imine (C=N–C) groups is 2. The van der Waals surface area contributed by atoms with Crippen LogP contribution in [0.3, 0.4) is 0 Å². The summed E-state index contributed by atoms with van der Waals surface area (Å²) in [6.07, 6.45) is 0. The van der Waals surface area contributed by atoms with Crippen LogP contribution in [-0.2, 0) is 9.59 Å². The molecule has 6 nitrogen and oxygen atoms in total. The monoisotopic (exact) mass is 412 g/mol. The number of hydrogen-bond acceptors (Lipinski definition) is 5. The van der Waals surface area contributed by atoms with Gasteiger partial charge in [-0.15, -0.1) is 0 Å². The Bertz CT molecular complexity index is 1020. The molecule has 1 N–H and O–H groups in total. The average molecular weight is 413 g/mol. The van der Waals surface area contributed by atoms with Gasteiger partial charge in [0, 0.05) is 16.3 Å². The zero-order valence-corrected chi connectivity index (χ0v) is 16.8. The predicted octanol–water partition coefficient (Wildman–Crippen LogP) is 4.08. The van der Waals surface area contributed by atoms with Gasteiger partial charge in [-0.25, -0.2) is 9.89 Å².